The van der Waals surface area contributed by atoms with E-state index >= 15 is 0 Å². The fraction of sp³-hybridized carbons (Fsp3) is 0.576. The van der Waals surface area contributed by atoms with Gasteiger partial charge in [-0.25, -0.2) is 4.79 Å². The number of carbonyl (C=O) groups excluding carboxylic acids is 2. The number of hydrogen-bond acceptors (Lipinski definition) is 6. The Balaban J connectivity index is 1.43. The quantitative estimate of drug-likeness (QED) is 0.207. The van der Waals surface area contributed by atoms with E-state index in [0.29, 0.717) is 69.3 Å². The highest BCUT2D eigenvalue weighted by Crippen LogP contribution is 2.47. The molecule has 1 amide bonds. The zero-order valence-electron chi connectivity index (χ0n) is 25.3. The van der Waals surface area contributed by atoms with Crippen molar-refractivity contribution < 1.29 is 37.0 Å². The number of unbranched alkanes of at least 4 members (excludes halogenated alkanes) is 1. The van der Waals surface area contributed by atoms with Crippen molar-refractivity contribution in [2.75, 3.05) is 32.8 Å². The second-order valence-corrected chi connectivity index (χ2v) is 12.1. The van der Waals surface area contributed by atoms with Crippen LogP contribution in [0.4, 0.5) is 13.2 Å². The van der Waals surface area contributed by atoms with Crippen molar-refractivity contribution in [1.29, 1.82) is 0 Å². The van der Waals surface area contributed by atoms with Crippen LogP contribution in [-0.4, -0.2) is 66.9 Å². The molecule has 0 saturated carbocycles. The Hall–Kier alpha value is -3.27. The summed E-state index contributed by atoms with van der Waals surface area (Å²) >= 11 is 0. The number of ether oxygens (including phenoxy) is 3. The molecule has 2 heterocycles. The number of piperidine rings is 1. The minimum absolute atomic E-state index is 0.00925. The highest BCUT2D eigenvalue weighted by molar-refractivity contribution is 5.80. The van der Waals surface area contributed by atoms with E-state index in [2.05, 4.69) is 25.7 Å². The molecule has 236 valence electrons. The summed E-state index contributed by atoms with van der Waals surface area (Å²) < 4.78 is 56.8. The van der Waals surface area contributed by atoms with Gasteiger partial charge in [-0.2, -0.15) is 13.2 Å². The topological polar surface area (TPSA) is 68.3 Å². The number of benzene rings is 2. The Labute approximate surface area is 252 Å². The van der Waals surface area contributed by atoms with E-state index in [1.54, 1.807) is 24.3 Å². The van der Waals surface area contributed by atoms with Crippen LogP contribution in [0.2, 0.25) is 0 Å². The Bertz CT molecular complexity index is 1210. The summed E-state index contributed by atoms with van der Waals surface area (Å²) in [5.74, 6) is -0.718. The van der Waals surface area contributed by atoms with Crippen molar-refractivity contribution in [1.82, 2.24) is 9.80 Å². The number of para-hydroxylation sites is 1. The van der Waals surface area contributed by atoms with Crippen LogP contribution in [0.3, 0.4) is 0 Å². The van der Waals surface area contributed by atoms with E-state index in [1.165, 1.54) is 4.90 Å². The van der Waals surface area contributed by atoms with Gasteiger partial charge in [0.2, 0.25) is 5.91 Å². The van der Waals surface area contributed by atoms with E-state index in [-0.39, 0.29) is 18.9 Å². The number of carbonyl (C=O) groups is 2. The zero-order chi connectivity index (χ0) is 31.0. The molecule has 2 aromatic carbocycles. The average molecular weight is 605 g/mol. The van der Waals surface area contributed by atoms with Gasteiger partial charge < -0.3 is 19.1 Å². The van der Waals surface area contributed by atoms with Gasteiger partial charge in [0.25, 0.3) is 0 Å². The molecule has 1 atom stereocenters. The first-order valence-corrected chi connectivity index (χ1v) is 15.2. The zero-order valence-corrected chi connectivity index (χ0v) is 25.3. The van der Waals surface area contributed by atoms with Crippen molar-refractivity contribution in [2.24, 2.45) is 11.3 Å². The molecule has 4 rings (SSSR count). The molecule has 0 N–H and O–H groups in total. The molecule has 0 aromatic heterocycles. The van der Waals surface area contributed by atoms with Gasteiger partial charge in [0.05, 0.1) is 19.6 Å². The van der Waals surface area contributed by atoms with Gasteiger partial charge in [-0.3, -0.25) is 9.69 Å². The van der Waals surface area contributed by atoms with Crippen LogP contribution in [0.15, 0.2) is 48.5 Å². The lowest BCUT2D eigenvalue weighted by molar-refractivity contribution is -0.219. The summed E-state index contributed by atoms with van der Waals surface area (Å²) in [6.45, 7) is 9.53. The first-order chi connectivity index (χ1) is 20.5. The lowest BCUT2D eigenvalue weighted by atomic mass is 9.76. The van der Waals surface area contributed by atoms with Crippen LogP contribution in [0.1, 0.15) is 64.0 Å². The minimum atomic E-state index is -5.15. The number of likely N-dealkylation sites (tertiary alicyclic amines) is 2. The fourth-order valence-electron chi connectivity index (χ4n) is 5.77. The van der Waals surface area contributed by atoms with Crippen LogP contribution in [0, 0.1) is 11.3 Å². The SMILES string of the molecule is CCCCOc1ccc(CC(=O)N2CCC3(CCN(Cc4ccccc4OCC(C)C)CC3)C2OC(=O)C(F)(F)F)cc1. The maximum atomic E-state index is 13.4. The summed E-state index contributed by atoms with van der Waals surface area (Å²) in [6.07, 6.45) is -2.99. The molecule has 2 saturated heterocycles. The smallest absolute Gasteiger partial charge is 0.491 e. The van der Waals surface area contributed by atoms with Gasteiger partial charge in [-0.05, 0) is 68.5 Å². The predicted molar refractivity (Wildman–Crippen MR) is 157 cm³/mol. The lowest BCUT2D eigenvalue weighted by Crippen LogP contribution is -2.51. The van der Waals surface area contributed by atoms with Gasteiger partial charge in [-0.15, -0.1) is 0 Å². The van der Waals surface area contributed by atoms with Crippen LogP contribution >= 0.6 is 0 Å². The number of esters is 1. The molecule has 43 heavy (non-hydrogen) atoms. The Morgan fingerprint density at radius 3 is 2.30 bits per heavy atom. The highest BCUT2D eigenvalue weighted by Gasteiger charge is 2.55. The second-order valence-electron chi connectivity index (χ2n) is 12.1. The summed E-state index contributed by atoms with van der Waals surface area (Å²) in [7, 11) is 0. The van der Waals surface area contributed by atoms with Gasteiger partial charge >= 0.3 is 12.1 Å². The number of nitrogens with zero attached hydrogens (tertiary/aromatic N) is 2. The molecule has 0 bridgehead atoms. The molecule has 2 fully saturated rings. The molecule has 0 radical (unpaired) electrons. The van der Waals surface area contributed by atoms with Gasteiger partial charge in [0.15, 0.2) is 6.23 Å². The third-order valence-electron chi connectivity index (χ3n) is 8.26. The van der Waals surface area contributed by atoms with E-state index < -0.39 is 23.8 Å². The largest absolute Gasteiger partial charge is 0.494 e. The molecule has 1 unspecified atom stereocenters. The first kappa shape index (κ1) is 32.6. The summed E-state index contributed by atoms with van der Waals surface area (Å²) in [5.41, 5.74) is 1.02. The maximum absolute atomic E-state index is 13.4. The van der Waals surface area contributed by atoms with Gasteiger partial charge in [-0.1, -0.05) is 57.5 Å². The molecule has 1 spiro atoms. The lowest BCUT2D eigenvalue weighted by Gasteiger charge is -2.43. The second kappa shape index (κ2) is 14.5. The van der Waals surface area contributed by atoms with Crippen LogP contribution in [0.5, 0.6) is 11.5 Å². The highest BCUT2D eigenvalue weighted by atomic mass is 19.4. The number of halogens is 3. The van der Waals surface area contributed by atoms with Crippen molar-refractivity contribution in [3.8, 4) is 11.5 Å². The number of hydrogen-bond donors (Lipinski definition) is 0. The summed E-state index contributed by atoms with van der Waals surface area (Å²) in [4.78, 5) is 29.0. The Morgan fingerprint density at radius 2 is 1.65 bits per heavy atom. The molecule has 0 aliphatic carbocycles. The molecule has 2 aliphatic heterocycles. The third-order valence-corrected chi connectivity index (χ3v) is 8.26. The Morgan fingerprint density at radius 1 is 0.977 bits per heavy atom. The predicted octanol–water partition coefficient (Wildman–Crippen LogP) is 6.39. The maximum Gasteiger partial charge on any atom is 0.491 e. The fourth-order valence-corrected chi connectivity index (χ4v) is 5.77. The number of alkyl halides is 3. The first-order valence-electron chi connectivity index (χ1n) is 15.2. The van der Waals surface area contributed by atoms with Crippen LogP contribution in [0.25, 0.3) is 0 Å². The van der Waals surface area contributed by atoms with Crippen molar-refractivity contribution >= 4 is 11.9 Å². The summed E-state index contributed by atoms with van der Waals surface area (Å²) in [5, 5.41) is 0. The molecular weight excluding hydrogens is 561 g/mol. The van der Waals surface area contributed by atoms with E-state index in [0.717, 1.165) is 24.2 Å². The standard InChI is InChI=1S/C33H43F3N2O5/c1-4-5-20-41-27-12-10-25(11-13-27)21-29(39)38-19-16-32(30(38)43-31(40)33(34,35)36)14-17-37(18-15-32)22-26-8-6-7-9-28(26)42-23-24(2)3/h6-13,24,30H,4-5,14-23H2,1-3H3. The number of amides is 1. The van der Waals surface area contributed by atoms with Gasteiger partial charge in [0, 0.05) is 24.1 Å². The molecule has 10 heteroatoms. The van der Waals surface area contributed by atoms with Crippen molar-refractivity contribution in [3.05, 3.63) is 59.7 Å². The summed E-state index contributed by atoms with van der Waals surface area (Å²) in [6, 6.07) is 15.0. The van der Waals surface area contributed by atoms with E-state index in [1.807, 2.05) is 24.3 Å². The van der Waals surface area contributed by atoms with E-state index in [9.17, 15) is 22.8 Å². The van der Waals surface area contributed by atoms with Gasteiger partial charge in [0.1, 0.15) is 11.5 Å². The van der Waals surface area contributed by atoms with Crippen LogP contribution in [-0.2, 0) is 27.3 Å². The Kier molecular flexibility index (Phi) is 11.0. The molecule has 7 nitrogen and oxygen atoms in total. The molecule has 2 aliphatic rings. The van der Waals surface area contributed by atoms with Crippen LogP contribution < -0.4 is 9.47 Å². The minimum Gasteiger partial charge on any atom is -0.494 e. The van der Waals surface area contributed by atoms with Crippen molar-refractivity contribution in [2.45, 2.75) is 78.2 Å². The van der Waals surface area contributed by atoms with E-state index in [4.69, 9.17) is 14.2 Å². The molecule has 2 aromatic rings. The number of rotatable bonds is 12. The average Bonchev–Trinajstić information content (AvgIpc) is 3.31. The van der Waals surface area contributed by atoms with Crippen molar-refractivity contribution in [3.63, 3.8) is 0 Å². The monoisotopic (exact) mass is 604 g/mol. The normalized spacial score (nSPS) is 18.7. The molecular formula is C33H43F3N2O5. The third kappa shape index (κ3) is 8.65.